The topological polar surface area (TPSA) is 85.1 Å². The fraction of sp³-hybridized carbons (Fsp3) is 0.0833. The highest BCUT2D eigenvalue weighted by Crippen LogP contribution is 2.22. The van der Waals surface area contributed by atoms with Crippen molar-refractivity contribution in [3.8, 4) is 0 Å². The molecular weight excluding hydrogens is 330 g/mol. The molecule has 0 aliphatic rings. The molecule has 0 aliphatic heterocycles. The molecule has 5 nitrogen and oxygen atoms in total. The van der Waals surface area contributed by atoms with Crippen molar-refractivity contribution in [2.75, 3.05) is 10.5 Å². The smallest absolute Gasteiger partial charge is 0.263 e. The molecule has 0 saturated heterocycles. The lowest BCUT2D eigenvalue weighted by Gasteiger charge is -2.09. The Morgan fingerprint density at radius 1 is 1.26 bits per heavy atom. The molecule has 0 unspecified atom stereocenters. The van der Waals surface area contributed by atoms with Crippen LogP contribution in [0, 0.1) is 6.92 Å². The van der Waals surface area contributed by atoms with Crippen LogP contribution in [0.15, 0.2) is 45.9 Å². The fourth-order valence-corrected chi connectivity index (χ4v) is 3.15. The van der Waals surface area contributed by atoms with Gasteiger partial charge in [0.1, 0.15) is 10.7 Å². The first-order chi connectivity index (χ1) is 8.87. The number of nitrogens with one attached hydrogen (secondary N) is 1. The molecule has 0 spiro atoms. The van der Waals surface area contributed by atoms with Crippen molar-refractivity contribution in [2.45, 2.75) is 11.8 Å². The van der Waals surface area contributed by atoms with Gasteiger partial charge in [-0.15, -0.1) is 0 Å². The molecule has 0 atom stereocenters. The van der Waals surface area contributed by atoms with Gasteiger partial charge in [-0.05, 0) is 42.8 Å². The van der Waals surface area contributed by atoms with Crippen LogP contribution < -0.4 is 10.5 Å². The maximum absolute atomic E-state index is 12.1. The van der Waals surface area contributed by atoms with Crippen molar-refractivity contribution < 1.29 is 8.42 Å². The van der Waals surface area contributed by atoms with E-state index < -0.39 is 10.0 Å². The fourth-order valence-electron chi connectivity index (χ4n) is 1.56. The third kappa shape index (κ3) is 3.45. The second-order valence-corrected chi connectivity index (χ2v) is 6.64. The van der Waals surface area contributed by atoms with Crippen LogP contribution in [0.25, 0.3) is 0 Å². The van der Waals surface area contributed by atoms with Gasteiger partial charge in [0.2, 0.25) is 0 Å². The molecule has 0 fully saturated rings. The molecule has 2 rings (SSSR count). The van der Waals surface area contributed by atoms with Gasteiger partial charge >= 0.3 is 0 Å². The van der Waals surface area contributed by atoms with Crippen LogP contribution in [-0.4, -0.2) is 13.4 Å². The van der Waals surface area contributed by atoms with Crippen LogP contribution in [-0.2, 0) is 10.0 Å². The molecule has 1 heterocycles. The van der Waals surface area contributed by atoms with Crippen molar-refractivity contribution in [1.82, 2.24) is 4.98 Å². The minimum absolute atomic E-state index is 0.0688. The van der Waals surface area contributed by atoms with Gasteiger partial charge in [-0.1, -0.05) is 15.9 Å². The van der Waals surface area contributed by atoms with Crippen molar-refractivity contribution in [2.24, 2.45) is 0 Å². The van der Waals surface area contributed by atoms with Gasteiger partial charge < -0.3 is 5.73 Å². The van der Waals surface area contributed by atoms with Crippen LogP contribution in [0.1, 0.15) is 5.56 Å². The lowest BCUT2D eigenvalue weighted by atomic mass is 10.2. The zero-order valence-corrected chi connectivity index (χ0v) is 12.5. The standard InChI is InChI=1S/C12H12BrN3O2S/c1-8-4-9(13)6-10(5-8)16-19(17,18)11-2-3-12(14)15-7-11/h2-7,16H,1H3,(H2,14,15). The van der Waals surface area contributed by atoms with Gasteiger partial charge in [-0.2, -0.15) is 0 Å². The lowest BCUT2D eigenvalue weighted by Crippen LogP contribution is -2.13. The van der Waals surface area contributed by atoms with E-state index in [1.54, 1.807) is 12.1 Å². The first-order valence-corrected chi connectivity index (χ1v) is 7.66. The minimum atomic E-state index is -3.65. The Kier molecular flexibility index (Phi) is 3.77. The van der Waals surface area contributed by atoms with E-state index in [-0.39, 0.29) is 10.7 Å². The first kappa shape index (κ1) is 13.8. The van der Waals surface area contributed by atoms with Crippen LogP contribution in [0.3, 0.4) is 0 Å². The number of rotatable bonds is 3. The highest BCUT2D eigenvalue weighted by molar-refractivity contribution is 9.10. The highest BCUT2D eigenvalue weighted by atomic mass is 79.9. The number of nitrogen functional groups attached to an aromatic ring is 1. The molecule has 0 radical (unpaired) electrons. The summed E-state index contributed by atoms with van der Waals surface area (Å²) in [6, 6.07) is 8.18. The Bertz CT molecular complexity index is 679. The van der Waals surface area contributed by atoms with Crippen molar-refractivity contribution >= 4 is 37.5 Å². The predicted molar refractivity (Wildman–Crippen MR) is 78.3 cm³/mol. The van der Waals surface area contributed by atoms with Crippen LogP contribution in [0.5, 0.6) is 0 Å². The summed E-state index contributed by atoms with van der Waals surface area (Å²) in [6.45, 7) is 1.88. The van der Waals surface area contributed by atoms with E-state index in [9.17, 15) is 8.42 Å². The monoisotopic (exact) mass is 341 g/mol. The minimum Gasteiger partial charge on any atom is -0.384 e. The summed E-state index contributed by atoms with van der Waals surface area (Å²) in [5.41, 5.74) is 6.87. The van der Waals surface area contributed by atoms with E-state index in [0.717, 1.165) is 10.0 Å². The average Bonchev–Trinajstić information content (AvgIpc) is 2.27. The quantitative estimate of drug-likeness (QED) is 0.898. The molecule has 1 aromatic heterocycles. The SMILES string of the molecule is Cc1cc(Br)cc(NS(=O)(=O)c2ccc(N)nc2)c1. The van der Waals surface area contributed by atoms with E-state index in [4.69, 9.17) is 5.73 Å². The number of pyridine rings is 1. The van der Waals surface area contributed by atoms with Crippen LogP contribution in [0.4, 0.5) is 11.5 Å². The molecular formula is C12H12BrN3O2S. The number of nitrogens with two attached hydrogens (primary N) is 1. The molecule has 2 aromatic rings. The Balaban J connectivity index is 2.33. The second kappa shape index (κ2) is 5.18. The highest BCUT2D eigenvalue weighted by Gasteiger charge is 2.14. The maximum Gasteiger partial charge on any atom is 0.263 e. The molecule has 0 amide bonds. The maximum atomic E-state index is 12.1. The Labute approximate surface area is 120 Å². The third-order valence-electron chi connectivity index (χ3n) is 2.36. The van der Waals surface area contributed by atoms with Crippen LogP contribution in [0.2, 0.25) is 0 Å². The van der Waals surface area contributed by atoms with Gasteiger partial charge in [0.05, 0.1) is 5.69 Å². The van der Waals surface area contributed by atoms with E-state index in [1.165, 1.54) is 18.3 Å². The third-order valence-corrected chi connectivity index (χ3v) is 4.19. The average molecular weight is 342 g/mol. The van der Waals surface area contributed by atoms with Gasteiger partial charge in [0, 0.05) is 10.7 Å². The first-order valence-electron chi connectivity index (χ1n) is 5.38. The summed E-state index contributed by atoms with van der Waals surface area (Å²) in [5, 5.41) is 0. The van der Waals surface area contributed by atoms with E-state index in [0.29, 0.717) is 5.69 Å². The van der Waals surface area contributed by atoms with Gasteiger partial charge in [-0.25, -0.2) is 13.4 Å². The predicted octanol–water partition coefficient (Wildman–Crippen LogP) is 2.54. The normalized spacial score (nSPS) is 11.3. The summed E-state index contributed by atoms with van der Waals surface area (Å²) in [6.07, 6.45) is 1.22. The number of aryl methyl sites for hydroxylation is 1. The summed E-state index contributed by atoms with van der Waals surface area (Å²) in [4.78, 5) is 3.84. The number of benzene rings is 1. The number of hydrogen-bond donors (Lipinski definition) is 2. The second-order valence-electron chi connectivity index (χ2n) is 4.04. The Hall–Kier alpha value is -1.60. The van der Waals surface area contributed by atoms with E-state index >= 15 is 0 Å². The molecule has 19 heavy (non-hydrogen) atoms. The van der Waals surface area contributed by atoms with Crippen molar-refractivity contribution in [1.29, 1.82) is 0 Å². The van der Waals surface area contributed by atoms with E-state index in [1.807, 2.05) is 13.0 Å². The number of halogens is 1. The largest absolute Gasteiger partial charge is 0.384 e. The molecule has 3 N–H and O–H groups in total. The number of hydrogen-bond acceptors (Lipinski definition) is 4. The number of aromatic nitrogens is 1. The summed E-state index contributed by atoms with van der Waals surface area (Å²) < 4.78 is 27.6. The number of anilines is 2. The molecule has 100 valence electrons. The summed E-state index contributed by atoms with van der Waals surface area (Å²) in [7, 11) is -3.65. The van der Waals surface area contributed by atoms with Crippen molar-refractivity contribution in [3.05, 3.63) is 46.6 Å². The molecule has 1 aromatic carbocycles. The van der Waals surface area contributed by atoms with Crippen LogP contribution >= 0.6 is 15.9 Å². The lowest BCUT2D eigenvalue weighted by molar-refractivity contribution is 0.601. The molecule has 0 saturated carbocycles. The van der Waals surface area contributed by atoms with Gasteiger partial charge in [0.25, 0.3) is 10.0 Å². The Morgan fingerprint density at radius 3 is 2.58 bits per heavy atom. The van der Waals surface area contributed by atoms with Gasteiger partial charge in [0.15, 0.2) is 0 Å². The van der Waals surface area contributed by atoms with E-state index in [2.05, 4.69) is 25.6 Å². The Morgan fingerprint density at radius 2 is 2.00 bits per heavy atom. The molecule has 7 heteroatoms. The molecule has 0 aliphatic carbocycles. The zero-order chi connectivity index (χ0) is 14.0. The number of nitrogens with zero attached hydrogens (tertiary/aromatic N) is 1. The van der Waals surface area contributed by atoms with Gasteiger partial charge in [-0.3, -0.25) is 4.72 Å². The summed E-state index contributed by atoms with van der Waals surface area (Å²) >= 11 is 3.32. The van der Waals surface area contributed by atoms with Crippen molar-refractivity contribution in [3.63, 3.8) is 0 Å². The summed E-state index contributed by atoms with van der Waals surface area (Å²) in [5.74, 6) is 0.275. The molecule has 0 bridgehead atoms. The zero-order valence-electron chi connectivity index (χ0n) is 10.1. The number of sulfonamides is 1.